The van der Waals surface area contributed by atoms with E-state index >= 15 is 0 Å². The van der Waals surface area contributed by atoms with E-state index in [4.69, 9.17) is 4.42 Å². The molecule has 3 N–H and O–H groups in total. The van der Waals surface area contributed by atoms with Crippen molar-refractivity contribution in [2.45, 2.75) is 25.4 Å². The fourth-order valence-electron chi connectivity index (χ4n) is 3.28. The Bertz CT molecular complexity index is 1000. The third kappa shape index (κ3) is 3.02. The lowest BCUT2D eigenvalue weighted by Gasteiger charge is -2.15. The van der Waals surface area contributed by atoms with Gasteiger partial charge in [0, 0.05) is 18.3 Å². The molecule has 2 aromatic carbocycles. The minimum atomic E-state index is -0.693. The minimum absolute atomic E-state index is 0.227. The molecule has 0 spiro atoms. The Hall–Kier alpha value is -2.90. The molecule has 134 valence electrons. The second-order valence-electron chi connectivity index (χ2n) is 6.41. The van der Waals surface area contributed by atoms with Crippen LogP contribution in [0.25, 0.3) is 11.1 Å². The lowest BCUT2D eigenvalue weighted by molar-refractivity contribution is -0.118. The quantitative estimate of drug-likeness (QED) is 0.671. The van der Waals surface area contributed by atoms with Gasteiger partial charge in [-0.05, 0) is 43.2 Å². The van der Waals surface area contributed by atoms with Gasteiger partial charge in [-0.3, -0.25) is 20.2 Å². The topological polar surface area (TPSA) is 88.3 Å². The van der Waals surface area contributed by atoms with Crippen molar-refractivity contribution in [3.8, 4) is 0 Å². The highest BCUT2D eigenvalue weighted by molar-refractivity contribution is 5.94. The second kappa shape index (κ2) is 6.78. The molecule has 26 heavy (non-hydrogen) atoms. The van der Waals surface area contributed by atoms with Crippen LogP contribution in [0.3, 0.4) is 0 Å². The van der Waals surface area contributed by atoms with Crippen LogP contribution in [-0.2, 0) is 4.79 Å². The molecule has 1 aromatic heterocycles. The van der Waals surface area contributed by atoms with Gasteiger partial charge in [0.05, 0.1) is 5.52 Å². The molecule has 1 aliphatic rings. The summed E-state index contributed by atoms with van der Waals surface area (Å²) in [6.07, 6.45) is 0.990. The summed E-state index contributed by atoms with van der Waals surface area (Å²) in [6.45, 7) is 2.60. The average Bonchev–Trinajstić information content (AvgIpc) is 3.28. The SMILES string of the molecule is CC(C(=O)Nc1cccc(C2CCNN2)c1)n1c(=O)oc2ccccc21. The number of oxazole rings is 1. The average molecular weight is 352 g/mol. The van der Waals surface area contributed by atoms with Gasteiger partial charge < -0.3 is 9.73 Å². The number of rotatable bonds is 4. The van der Waals surface area contributed by atoms with Gasteiger partial charge >= 0.3 is 5.76 Å². The number of fused-ring (bicyclic) bond motifs is 1. The Kier molecular flexibility index (Phi) is 4.32. The summed E-state index contributed by atoms with van der Waals surface area (Å²) in [6, 6.07) is 14.3. The van der Waals surface area contributed by atoms with Gasteiger partial charge in [0.2, 0.25) is 5.91 Å². The molecule has 1 amide bonds. The van der Waals surface area contributed by atoms with Crippen LogP contribution < -0.4 is 21.9 Å². The van der Waals surface area contributed by atoms with E-state index < -0.39 is 11.8 Å². The van der Waals surface area contributed by atoms with E-state index in [0.717, 1.165) is 18.5 Å². The van der Waals surface area contributed by atoms with Crippen LogP contribution in [0.5, 0.6) is 0 Å². The summed E-state index contributed by atoms with van der Waals surface area (Å²) in [5.41, 5.74) is 9.19. The minimum Gasteiger partial charge on any atom is -0.408 e. The standard InChI is InChI=1S/C19H20N4O3/c1-12(23-16-7-2-3-8-17(16)26-19(23)25)18(24)21-14-6-4-5-13(11-14)15-9-10-20-22-15/h2-8,11-12,15,20,22H,9-10H2,1H3,(H,21,24). The highest BCUT2D eigenvalue weighted by atomic mass is 16.4. The second-order valence-corrected chi connectivity index (χ2v) is 6.41. The van der Waals surface area contributed by atoms with Crippen molar-refractivity contribution in [2.24, 2.45) is 0 Å². The molecule has 0 aliphatic carbocycles. The Labute approximate surface area is 150 Å². The molecule has 1 saturated heterocycles. The molecule has 7 nitrogen and oxygen atoms in total. The Morgan fingerprint density at radius 3 is 2.92 bits per heavy atom. The number of para-hydroxylation sites is 2. The normalized spacial score (nSPS) is 18.1. The lowest BCUT2D eigenvalue weighted by Crippen LogP contribution is -2.29. The number of benzene rings is 2. The zero-order chi connectivity index (χ0) is 18.1. The Balaban J connectivity index is 1.57. The maximum atomic E-state index is 12.7. The summed E-state index contributed by atoms with van der Waals surface area (Å²) in [4.78, 5) is 24.9. The summed E-state index contributed by atoms with van der Waals surface area (Å²) >= 11 is 0. The van der Waals surface area contributed by atoms with Crippen LogP contribution in [0.4, 0.5) is 5.69 Å². The maximum absolute atomic E-state index is 12.7. The number of carbonyl (C=O) groups excluding carboxylic acids is 1. The molecule has 2 unspecified atom stereocenters. The number of carbonyl (C=O) groups is 1. The van der Waals surface area contributed by atoms with Crippen molar-refractivity contribution in [3.05, 3.63) is 64.6 Å². The largest absolute Gasteiger partial charge is 0.420 e. The highest BCUT2D eigenvalue weighted by Crippen LogP contribution is 2.23. The summed E-state index contributed by atoms with van der Waals surface area (Å²) in [5.74, 6) is -0.808. The van der Waals surface area contributed by atoms with Gasteiger partial charge in [-0.15, -0.1) is 0 Å². The third-order valence-corrected chi connectivity index (χ3v) is 4.68. The van der Waals surface area contributed by atoms with Crippen LogP contribution in [-0.4, -0.2) is 17.0 Å². The van der Waals surface area contributed by atoms with E-state index in [1.165, 1.54) is 4.57 Å². The van der Waals surface area contributed by atoms with Gasteiger partial charge in [-0.25, -0.2) is 4.79 Å². The van der Waals surface area contributed by atoms with Crippen LogP contribution in [0.1, 0.15) is 31.0 Å². The number of amides is 1. The van der Waals surface area contributed by atoms with E-state index in [0.29, 0.717) is 16.8 Å². The molecule has 2 atom stereocenters. The number of anilines is 1. The number of hydrogen-bond acceptors (Lipinski definition) is 5. The number of nitrogens with one attached hydrogen (secondary N) is 3. The van der Waals surface area contributed by atoms with Gasteiger partial charge in [-0.1, -0.05) is 24.3 Å². The van der Waals surface area contributed by atoms with Gasteiger partial charge in [0.1, 0.15) is 6.04 Å². The zero-order valence-corrected chi connectivity index (χ0v) is 14.4. The first-order valence-electron chi connectivity index (χ1n) is 8.63. The number of aromatic nitrogens is 1. The third-order valence-electron chi connectivity index (χ3n) is 4.68. The Morgan fingerprint density at radius 2 is 2.12 bits per heavy atom. The van der Waals surface area contributed by atoms with E-state index in [-0.39, 0.29) is 11.9 Å². The summed E-state index contributed by atoms with van der Waals surface area (Å²) < 4.78 is 6.59. The molecule has 1 aliphatic heterocycles. The Morgan fingerprint density at radius 1 is 1.27 bits per heavy atom. The predicted octanol–water partition coefficient (Wildman–Crippen LogP) is 2.33. The maximum Gasteiger partial charge on any atom is 0.420 e. The van der Waals surface area contributed by atoms with Crippen LogP contribution in [0.2, 0.25) is 0 Å². The predicted molar refractivity (Wildman–Crippen MR) is 98.8 cm³/mol. The van der Waals surface area contributed by atoms with E-state index in [1.54, 1.807) is 25.1 Å². The van der Waals surface area contributed by atoms with Crippen molar-refractivity contribution in [1.82, 2.24) is 15.4 Å². The fourth-order valence-corrected chi connectivity index (χ4v) is 3.28. The van der Waals surface area contributed by atoms with E-state index in [9.17, 15) is 9.59 Å². The fraction of sp³-hybridized carbons (Fsp3) is 0.263. The van der Waals surface area contributed by atoms with E-state index in [1.807, 2.05) is 30.3 Å². The van der Waals surface area contributed by atoms with Crippen molar-refractivity contribution in [3.63, 3.8) is 0 Å². The van der Waals surface area contributed by atoms with E-state index in [2.05, 4.69) is 16.2 Å². The molecule has 0 saturated carbocycles. The first-order chi connectivity index (χ1) is 12.6. The number of nitrogens with zero attached hydrogens (tertiary/aromatic N) is 1. The van der Waals surface area contributed by atoms with Gasteiger partial charge in [0.15, 0.2) is 5.58 Å². The summed E-state index contributed by atoms with van der Waals surface area (Å²) in [7, 11) is 0. The molecule has 0 radical (unpaired) electrons. The number of hydrazine groups is 1. The van der Waals surface area contributed by atoms with Gasteiger partial charge in [0.25, 0.3) is 0 Å². The molecule has 0 bridgehead atoms. The molecule has 3 aromatic rings. The summed E-state index contributed by atoms with van der Waals surface area (Å²) in [5, 5.41) is 2.90. The molecule has 2 heterocycles. The van der Waals surface area contributed by atoms with Crippen LogP contribution in [0.15, 0.2) is 57.7 Å². The molecular formula is C19H20N4O3. The molecule has 7 heteroatoms. The molecule has 1 fully saturated rings. The first-order valence-corrected chi connectivity index (χ1v) is 8.63. The number of hydrogen-bond donors (Lipinski definition) is 3. The van der Waals surface area contributed by atoms with Crippen molar-refractivity contribution >= 4 is 22.7 Å². The molecular weight excluding hydrogens is 332 g/mol. The van der Waals surface area contributed by atoms with Gasteiger partial charge in [-0.2, -0.15) is 0 Å². The molecule has 4 rings (SSSR count). The van der Waals surface area contributed by atoms with Crippen LogP contribution in [0, 0.1) is 0 Å². The lowest BCUT2D eigenvalue weighted by atomic mass is 10.0. The van der Waals surface area contributed by atoms with Crippen LogP contribution >= 0.6 is 0 Å². The van der Waals surface area contributed by atoms with Crippen molar-refractivity contribution in [1.29, 1.82) is 0 Å². The highest BCUT2D eigenvalue weighted by Gasteiger charge is 2.22. The smallest absolute Gasteiger partial charge is 0.408 e. The van der Waals surface area contributed by atoms with Crippen molar-refractivity contribution < 1.29 is 9.21 Å². The zero-order valence-electron chi connectivity index (χ0n) is 14.4. The van der Waals surface area contributed by atoms with Crippen molar-refractivity contribution in [2.75, 3.05) is 11.9 Å². The monoisotopic (exact) mass is 352 g/mol. The first kappa shape index (κ1) is 16.6.